The number of aliphatic hydroxyl groups excluding tert-OH is 3. The van der Waals surface area contributed by atoms with Crippen LogP contribution in [0, 0.1) is 0 Å². The maximum atomic E-state index is 10.3. The molecule has 1 saturated heterocycles. The number of rotatable bonds is 5. The molecular weight excluding hydrogens is 388 g/mol. The van der Waals surface area contributed by atoms with Gasteiger partial charge in [0.2, 0.25) is 0 Å². The molecule has 5 nitrogen and oxygen atoms in total. The number of hydrogen-bond donors (Lipinski definition) is 4. The largest absolute Gasteiger partial charge is 0.494 e. The molecule has 2 aromatic carbocycles. The van der Waals surface area contributed by atoms with E-state index in [-0.39, 0.29) is 0 Å². The molecule has 27 heavy (non-hydrogen) atoms. The Morgan fingerprint density at radius 3 is 2.41 bits per heavy atom. The maximum absolute atomic E-state index is 10.3. The summed E-state index contributed by atoms with van der Waals surface area (Å²) in [6, 6.07) is 13.1. The zero-order valence-corrected chi connectivity index (χ0v) is 16.5. The van der Waals surface area contributed by atoms with Crippen LogP contribution >= 0.6 is 24.2 Å². The quantitative estimate of drug-likeness (QED) is 0.570. The Balaban J connectivity index is 1.82. The van der Waals surface area contributed by atoms with E-state index in [1.165, 1.54) is 0 Å². The number of thiol groups is 1. The van der Waals surface area contributed by atoms with Crippen molar-refractivity contribution in [1.82, 2.24) is 0 Å². The van der Waals surface area contributed by atoms with Crippen LogP contribution in [0.1, 0.15) is 29.7 Å². The predicted molar refractivity (Wildman–Crippen MR) is 106 cm³/mol. The molecule has 0 saturated carbocycles. The molecule has 0 aromatic heterocycles. The predicted octanol–water partition coefficient (Wildman–Crippen LogP) is 2.74. The first-order chi connectivity index (χ1) is 12.9. The fourth-order valence-corrected chi connectivity index (χ4v) is 3.63. The van der Waals surface area contributed by atoms with Gasteiger partial charge in [-0.2, -0.15) is 0 Å². The summed E-state index contributed by atoms with van der Waals surface area (Å²) in [5.74, 6) is 0.812. The van der Waals surface area contributed by atoms with Crippen LogP contribution in [-0.4, -0.2) is 45.7 Å². The lowest BCUT2D eigenvalue weighted by molar-refractivity contribution is -0.199. The van der Waals surface area contributed by atoms with Gasteiger partial charge in [0.15, 0.2) is 0 Å². The number of aliphatic hydroxyl groups is 3. The summed E-state index contributed by atoms with van der Waals surface area (Å²) in [5.41, 5.74) is 1.70. The Hall–Kier alpha value is -1.28. The lowest BCUT2D eigenvalue weighted by Gasteiger charge is -2.39. The van der Waals surface area contributed by atoms with E-state index >= 15 is 0 Å². The zero-order valence-electron chi connectivity index (χ0n) is 14.8. The van der Waals surface area contributed by atoms with Gasteiger partial charge in [-0.05, 0) is 48.2 Å². The molecule has 1 aliphatic heterocycles. The number of hydrogen-bond acceptors (Lipinski definition) is 6. The van der Waals surface area contributed by atoms with Crippen LogP contribution in [0.4, 0.5) is 0 Å². The second-order valence-electron chi connectivity index (χ2n) is 6.52. The summed E-state index contributed by atoms with van der Waals surface area (Å²) in [4.78, 5) is 0. The van der Waals surface area contributed by atoms with Gasteiger partial charge in [-0.25, -0.2) is 0 Å². The van der Waals surface area contributed by atoms with E-state index in [4.69, 9.17) is 21.1 Å². The summed E-state index contributed by atoms with van der Waals surface area (Å²) >= 11 is 10.5. The Bertz CT molecular complexity index is 769. The third kappa shape index (κ3) is 4.59. The normalized spacial score (nSPS) is 28.1. The second kappa shape index (κ2) is 8.82. The first-order valence-electron chi connectivity index (χ1n) is 8.78. The fourth-order valence-electron chi connectivity index (χ4n) is 3.13. The Morgan fingerprint density at radius 2 is 1.74 bits per heavy atom. The minimum absolute atomic E-state index is 0.595. The van der Waals surface area contributed by atoms with Crippen molar-refractivity contribution in [3.63, 3.8) is 0 Å². The standard InChI is InChI=1S/C20H23ClO5S/c1-2-25-14-6-3-11(4-7-14)9-13-10-12(5-8-15(13)21)19-17(23)16(22)18(24)20(27)26-19/h3-8,10,16-20,22-24,27H,2,9H2,1H3/t16-,17-,18+,19+,20-/m1/s1. The molecule has 0 amide bonds. The first-order valence-corrected chi connectivity index (χ1v) is 9.68. The van der Waals surface area contributed by atoms with Crippen molar-refractivity contribution < 1.29 is 24.8 Å². The Kier molecular flexibility index (Phi) is 6.68. The molecule has 5 atom stereocenters. The van der Waals surface area contributed by atoms with Crippen molar-refractivity contribution in [2.24, 2.45) is 0 Å². The number of halogens is 1. The molecule has 3 rings (SSSR count). The van der Waals surface area contributed by atoms with Crippen molar-refractivity contribution in [2.45, 2.75) is 43.2 Å². The van der Waals surface area contributed by atoms with Gasteiger partial charge in [-0.1, -0.05) is 35.9 Å². The molecule has 0 radical (unpaired) electrons. The molecule has 0 unspecified atom stereocenters. The minimum atomic E-state index is -1.34. The van der Waals surface area contributed by atoms with Gasteiger partial charge in [-0.3, -0.25) is 0 Å². The van der Waals surface area contributed by atoms with E-state index in [1.54, 1.807) is 12.1 Å². The van der Waals surface area contributed by atoms with Crippen molar-refractivity contribution in [2.75, 3.05) is 6.61 Å². The second-order valence-corrected chi connectivity index (χ2v) is 7.44. The van der Waals surface area contributed by atoms with Crippen LogP contribution < -0.4 is 4.74 Å². The highest BCUT2D eigenvalue weighted by atomic mass is 35.5. The third-order valence-electron chi connectivity index (χ3n) is 4.62. The smallest absolute Gasteiger partial charge is 0.129 e. The molecule has 1 fully saturated rings. The summed E-state index contributed by atoms with van der Waals surface area (Å²) in [5, 5.41) is 30.7. The van der Waals surface area contributed by atoms with Crippen LogP contribution in [0.15, 0.2) is 42.5 Å². The fraction of sp³-hybridized carbons (Fsp3) is 0.400. The van der Waals surface area contributed by atoms with Crippen molar-refractivity contribution in [1.29, 1.82) is 0 Å². The van der Waals surface area contributed by atoms with E-state index in [2.05, 4.69) is 12.6 Å². The van der Waals surface area contributed by atoms with Crippen molar-refractivity contribution >= 4 is 24.2 Å². The summed E-state index contributed by atoms with van der Waals surface area (Å²) in [6.45, 7) is 2.55. The highest BCUT2D eigenvalue weighted by Gasteiger charge is 2.42. The SMILES string of the molecule is CCOc1ccc(Cc2cc([C@@H]3O[C@H](S)[C@@H](O)[C@H](O)[C@H]3O)ccc2Cl)cc1. The Labute approximate surface area is 168 Å². The highest BCUT2D eigenvalue weighted by molar-refractivity contribution is 7.80. The van der Waals surface area contributed by atoms with Gasteiger partial charge < -0.3 is 24.8 Å². The average molecular weight is 411 g/mol. The first kappa shape index (κ1) is 20.5. The summed E-state index contributed by atoms with van der Waals surface area (Å²) < 4.78 is 11.1. The van der Waals surface area contributed by atoms with Crippen molar-refractivity contribution in [3.05, 3.63) is 64.2 Å². The average Bonchev–Trinajstić information content (AvgIpc) is 2.66. The van der Waals surface area contributed by atoms with Gasteiger partial charge in [0.05, 0.1) is 6.61 Å². The third-order valence-corrected chi connectivity index (χ3v) is 5.41. The molecule has 0 aliphatic carbocycles. The van der Waals surface area contributed by atoms with Crippen LogP contribution in [0.2, 0.25) is 5.02 Å². The van der Waals surface area contributed by atoms with E-state index in [0.717, 1.165) is 16.9 Å². The molecule has 1 heterocycles. The van der Waals surface area contributed by atoms with E-state index in [1.807, 2.05) is 37.3 Å². The van der Waals surface area contributed by atoms with Gasteiger partial charge in [0.25, 0.3) is 0 Å². The molecule has 2 aromatic rings. The summed E-state index contributed by atoms with van der Waals surface area (Å²) in [7, 11) is 0. The van der Waals surface area contributed by atoms with E-state index in [9.17, 15) is 15.3 Å². The molecule has 0 bridgehead atoms. The van der Waals surface area contributed by atoms with Crippen LogP contribution in [0.25, 0.3) is 0 Å². The van der Waals surface area contributed by atoms with Gasteiger partial charge in [0, 0.05) is 5.02 Å². The molecule has 7 heteroatoms. The summed E-state index contributed by atoms with van der Waals surface area (Å²) in [6.07, 6.45) is -4.06. The van der Waals surface area contributed by atoms with Crippen LogP contribution in [0.3, 0.4) is 0 Å². The van der Waals surface area contributed by atoms with Crippen LogP contribution in [0.5, 0.6) is 5.75 Å². The molecule has 1 aliphatic rings. The monoisotopic (exact) mass is 410 g/mol. The van der Waals surface area contributed by atoms with E-state index in [0.29, 0.717) is 23.6 Å². The maximum Gasteiger partial charge on any atom is 0.129 e. The number of ether oxygens (including phenoxy) is 2. The van der Waals surface area contributed by atoms with Gasteiger partial charge >= 0.3 is 0 Å². The molecule has 146 valence electrons. The highest BCUT2D eigenvalue weighted by Crippen LogP contribution is 2.35. The molecule has 0 spiro atoms. The topological polar surface area (TPSA) is 79.2 Å². The lowest BCUT2D eigenvalue weighted by atomic mass is 9.92. The molecule has 3 N–H and O–H groups in total. The Morgan fingerprint density at radius 1 is 1.04 bits per heavy atom. The lowest BCUT2D eigenvalue weighted by Crippen LogP contribution is -2.52. The van der Waals surface area contributed by atoms with Gasteiger partial charge in [0.1, 0.15) is 35.6 Å². The zero-order chi connectivity index (χ0) is 19.6. The minimum Gasteiger partial charge on any atom is -0.494 e. The van der Waals surface area contributed by atoms with Crippen molar-refractivity contribution in [3.8, 4) is 5.75 Å². The van der Waals surface area contributed by atoms with Gasteiger partial charge in [-0.15, -0.1) is 12.6 Å². The van der Waals surface area contributed by atoms with E-state index < -0.39 is 29.9 Å². The van der Waals surface area contributed by atoms with Crippen LogP contribution in [-0.2, 0) is 11.2 Å². The number of benzene rings is 2. The molecular formula is C20H23ClO5S.